The van der Waals surface area contributed by atoms with Crippen molar-refractivity contribution >= 4 is 7.52 Å². The largest absolute Gasteiger partial charge is 0.371 e. The third-order valence-corrected chi connectivity index (χ3v) is 4.40. The Morgan fingerprint density at radius 1 is 1.53 bits per heavy atom. The van der Waals surface area contributed by atoms with Gasteiger partial charge in [0, 0.05) is 6.54 Å². The number of nitrogens with zero attached hydrogens (tertiary/aromatic N) is 2. The molecule has 4 nitrogen and oxygen atoms in total. The second-order valence-corrected chi connectivity index (χ2v) is 5.79. The van der Waals surface area contributed by atoms with Crippen molar-refractivity contribution in [2.75, 3.05) is 13.6 Å². The van der Waals surface area contributed by atoms with Crippen LogP contribution in [0.4, 0.5) is 0 Å². The summed E-state index contributed by atoms with van der Waals surface area (Å²) in [5, 5.41) is 8.88. The van der Waals surface area contributed by atoms with Gasteiger partial charge in [0.15, 0.2) is 5.81 Å². The maximum absolute atomic E-state index is 12.0. The average molecular weight is 232 g/mol. The molecule has 0 aliphatic heterocycles. The van der Waals surface area contributed by atoms with Crippen molar-refractivity contribution in [1.82, 2.24) is 4.67 Å². The monoisotopic (exact) mass is 232 g/mol. The van der Waals surface area contributed by atoms with Crippen LogP contribution in [-0.4, -0.2) is 24.4 Å². The summed E-state index contributed by atoms with van der Waals surface area (Å²) in [7, 11) is -1.60. The van der Waals surface area contributed by atoms with Crippen LogP contribution in [-0.2, 0) is 9.09 Å². The quantitative estimate of drug-likeness (QED) is 0.632. The number of hydrogen-bond donors (Lipinski definition) is 0. The number of unbranched alkanes of at least 4 members (excludes halogenated alkanes) is 1. The molecule has 0 aromatic heterocycles. The van der Waals surface area contributed by atoms with Gasteiger partial charge in [-0.3, -0.25) is 4.57 Å². The molecule has 5 heteroatoms. The third kappa shape index (κ3) is 4.79. The van der Waals surface area contributed by atoms with Crippen molar-refractivity contribution in [2.24, 2.45) is 0 Å². The SMILES string of the molecule is CCCCC(C)OP(=O)(C#N)N(C)CC. The number of nitriles is 1. The van der Waals surface area contributed by atoms with Crippen LogP contribution < -0.4 is 0 Å². The minimum absolute atomic E-state index is 0.121. The van der Waals surface area contributed by atoms with Crippen LogP contribution in [0.25, 0.3) is 0 Å². The molecule has 0 aliphatic carbocycles. The molecule has 0 rings (SSSR count). The van der Waals surface area contributed by atoms with E-state index in [1.54, 1.807) is 12.9 Å². The average Bonchev–Trinajstić information content (AvgIpc) is 2.24. The molecule has 0 radical (unpaired) electrons. The summed E-state index contributed by atoms with van der Waals surface area (Å²) >= 11 is 0. The van der Waals surface area contributed by atoms with Crippen LogP contribution in [0.15, 0.2) is 0 Å². The molecule has 0 bridgehead atoms. The Kier molecular flexibility index (Phi) is 6.84. The lowest BCUT2D eigenvalue weighted by Crippen LogP contribution is -2.18. The molecule has 0 spiro atoms. The zero-order valence-electron chi connectivity index (χ0n) is 10.1. The summed E-state index contributed by atoms with van der Waals surface area (Å²) in [6.07, 6.45) is 2.83. The molecular weight excluding hydrogens is 211 g/mol. The van der Waals surface area contributed by atoms with Gasteiger partial charge in [-0.05, 0) is 20.4 Å². The Balaban J connectivity index is 4.33. The molecule has 0 heterocycles. The number of hydrogen-bond acceptors (Lipinski definition) is 3. The van der Waals surface area contributed by atoms with E-state index in [1.165, 1.54) is 4.67 Å². The van der Waals surface area contributed by atoms with Gasteiger partial charge in [0.2, 0.25) is 0 Å². The van der Waals surface area contributed by atoms with Crippen molar-refractivity contribution in [3.05, 3.63) is 0 Å². The summed E-state index contributed by atoms with van der Waals surface area (Å²) in [4.78, 5) is 0. The highest BCUT2D eigenvalue weighted by molar-refractivity contribution is 7.61. The summed E-state index contributed by atoms with van der Waals surface area (Å²) in [6.45, 7) is 6.35. The maximum Gasteiger partial charge on any atom is 0.371 e. The minimum Gasteiger partial charge on any atom is -0.304 e. The van der Waals surface area contributed by atoms with Gasteiger partial charge in [-0.1, -0.05) is 26.7 Å². The summed E-state index contributed by atoms with van der Waals surface area (Å²) < 4.78 is 18.9. The molecule has 0 aromatic carbocycles. The highest BCUT2D eigenvalue weighted by atomic mass is 31.2. The Labute approximate surface area is 92.7 Å². The van der Waals surface area contributed by atoms with E-state index in [-0.39, 0.29) is 6.10 Å². The molecule has 0 aliphatic rings. The van der Waals surface area contributed by atoms with Crippen LogP contribution >= 0.6 is 7.52 Å². The van der Waals surface area contributed by atoms with Crippen LogP contribution in [0.1, 0.15) is 40.0 Å². The van der Waals surface area contributed by atoms with Crippen molar-refractivity contribution in [3.63, 3.8) is 0 Å². The van der Waals surface area contributed by atoms with Gasteiger partial charge >= 0.3 is 7.52 Å². The van der Waals surface area contributed by atoms with Crippen LogP contribution in [0.2, 0.25) is 0 Å². The smallest absolute Gasteiger partial charge is 0.304 e. The summed E-state index contributed by atoms with van der Waals surface area (Å²) in [5.41, 5.74) is 0. The van der Waals surface area contributed by atoms with Gasteiger partial charge in [0.1, 0.15) is 0 Å². The van der Waals surface area contributed by atoms with Gasteiger partial charge in [0.05, 0.1) is 6.10 Å². The lowest BCUT2D eigenvalue weighted by molar-refractivity contribution is 0.194. The van der Waals surface area contributed by atoms with E-state index in [4.69, 9.17) is 9.79 Å². The minimum atomic E-state index is -3.25. The Bertz CT molecular complexity index is 263. The van der Waals surface area contributed by atoms with E-state index in [0.717, 1.165) is 19.3 Å². The van der Waals surface area contributed by atoms with Crippen molar-refractivity contribution in [2.45, 2.75) is 46.1 Å². The topological polar surface area (TPSA) is 53.3 Å². The molecule has 0 fully saturated rings. The molecular formula is C10H21N2O2P. The summed E-state index contributed by atoms with van der Waals surface area (Å²) in [5.74, 6) is 1.80. The number of rotatable bonds is 7. The predicted molar refractivity (Wildman–Crippen MR) is 61.6 cm³/mol. The third-order valence-electron chi connectivity index (χ3n) is 2.32. The van der Waals surface area contributed by atoms with E-state index in [1.807, 2.05) is 13.8 Å². The van der Waals surface area contributed by atoms with Crippen molar-refractivity contribution in [1.29, 1.82) is 5.26 Å². The molecule has 15 heavy (non-hydrogen) atoms. The van der Waals surface area contributed by atoms with Crippen molar-refractivity contribution < 1.29 is 9.09 Å². The Morgan fingerprint density at radius 2 is 2.13 bits per heavy atom. The predicted octanol–water partition coefficient (Wildman–Crippen LogP) is 3.21. The maximum atomic E-state index is 12.0. The molecule has 0 saturated carbocycles. The van der Waals surface area contributed by atoms with Gasteiger partial charge in [0.25, 0.3) is 0 Å². The normalized spacial score (nSPS) is 17.1. The first-order valence-corrected chi connectivity index (χ1v) is 6.99. The first-order chi connectivity index (χ1) is 7.00. The Morgan fingerprint density at radius 3 is 2.53 bits per heavy atom. The molecule has 88 valence electrons. The fraction of sp³-hybridized carbons (Fsp3) is 0.900. The molecule has 0 amide bonds. The van der Waals surface area contributed by atoms with E-state index in [2.05, 4.69) is 6.92 Å². The fourth-order valence-electron chi connectivity index (χ4n) is 1.15. The standard InChI is InChI=1S/C10H21N2O2P/c1-5-7-8-10(3)14-15(13,9-11)12(4)6-2/h10H,5-8H2,1-4H3. The lowest BCUT2D eigenvalue weighted by Gasteiger charge is -2.23. The second kappa shape index (κ2) is 7.00. The van der Waals surface area contributed by atoms with E-state index in [9.17, 15) is 4.57 Å². The molecule has 0 saturated heterocycles. The van der Waals surface area contributed by atoms with E-state index >= 15 is 0 Å². The van der Waals surface area contributed by atoms with Crippen LogP contribution in [0, 0.1) is 11.1 Å². The van der Waals surface area contributed by atoms with E-state index < -0.39 is 7.52 Å². The molecule has 2 atom stereocenters. The molecule has 2 unspecified atom stereocenters. The van der Waals surface area contributed by atoms with E-state index in [0.29, 0.717) is 6.54 Å². The Hall–Kier alpha value is -0.360. The van der Waals surface area contributed by atoms with Gasteiger partial charge in [-0.2, -0.15) is 5.26 Å². The van der Waals surface area contributed by atoms with Gasteiger partial charge < -0.3 is 4.52 Å². The highest BCUT2D eigenvalue weighted by Gasteiger charge is 2.29. The molecule has 0 aromatic rings. The zero-order valence-corrected chi connectivity index (χ0v) is 11.0. The first kappa shape index (κ1) is 14.6. The second-order valence-electron chi connectivity index (χ2n) is 3.65. The highest BCUT2D eigenvalue weighted by Crippen LogP contribution is 2.49. The van der Waals surface area contributed by atoms with Gasteiger partial charge in [-0.15, -0.1) is 0 Å². The van der Waals surface area contributed by atoms with Crippen molar-refractivity contribution in [3.8, 4) is 5.81 Å². The molecule has 0 N–H and O–H groups in total. The van der Waals surface area contributed by atoms with Crippen LogP contribution in [0.3, 0.4) is 0 Å². The first-order valence-electron chi connectivity index (χ1n) is 5.41. The summed E-state index contributed by atoms with van der Waals surface area (Å²) in [6, 6.07) is 0. The zero-order chi connectivity index (χ0) is 11.9. The van der Waals surface area contributed by atoms with Gasteiger partial charge in [-0.25, -0.2) is 4.67 Å². The fourth-order valence-corrected chi connectivity index (χ4v) is 2.48. The van der Waals surface area contributed by atoms with Crippen LogP contribution in [0.5, 0.6) is 0 Å². The lowest BCUT2D eigenvalue weighted by atomic mass is 10.2.